The van der Waals surface area contributed by atoms with Gasteiger partial charge in [-0.3, -0.25) is 4.79 Å². The number of thiophene rings is 1. The summed E-state index contributed by atoms with van der Waals surface area (Å²) in [7, 11) is 0. The molecule has 1 aliphatic rings. The zero-order valence-electron chi connectivity index (χ0n) is 9.15. The molecule has 1 aromatic heterocycles. The zero-order valence-corrected chi connectivity index (χ0v) is 9.97. The molecule has 0 aliphatic heterocycles. The smallest absolute Gasteiger partial charge is 0.171 e. The van der Waals surface area contributed by atoms with E-state index in [0.717, 1.165) is 16.9 Å². The van der Waals surface area contributed by atoms with Crippen molar-refractivity contribution in [2.24, 2.45) is 0 Å². The highest BCUT2D eigenvalue weighted by Gasteiger charge is 2.30. The molecule has 3 heteroatoms. The minimum atomic E-state index is -0.307. The van der Waals surface area contributed by atoms with Crippen LogP contribution in [0.25, 0.3) is 0 Å². The molecule has 0 radical (unpaired) electrons. The van der Waals surface area contributed by atoms with Gasteiger partial charge >= 0.3 is 0 Å². The van der Waals surface area contributed by atoms with E-state index in [4.69, 9.17) is 0 Å². The second-order valence-corrected chi connectivity index (χ2v) is 5.24. The number of rotatable bonds is 1. The molecule has 0 saturated heterocycles. The molecule has 17 heavy (non-hydrogen) atoms. The Bertz CT molecular complexity index is 573. The number of carbonyl (C=O) groups excluding carboxylic acids is 1. The lowest BCUT2D eigenvalue weighted by Gasteiger charge is -2.21. The lowest BCUT2D eigenvalue weighted by atomic mass is 9.82. The van der Waals surface area contributed by atoms with Crippen molar-refractivity contribution >= 4 is 17.1 Å². The number of hydrogen-bond donors (Lipinski definition) is 0. The first kappa shape index (κ1) is 10.7. The molecular formula is C14H11FOS. The molecular weight excluding hydrogens is 235 g/mol. The van der Waals surface area contributed by atoms with E-state index in [1.807, 2.05) is 11.4 Å². The summed E-state index contributed by atoms with van der Waals surface area (Å²) in [6.45, 7) is 0. The second-order valence-electron chi connectivity index (χ2n) is 4.23. The number of fused-ring (bicyclic) bond motifs is 1. The third kappa shape index (κ3) is 1.71. The standard InChI is InChI=1S/C14H11FOS/c15-12-4-2-1-3-9(12)10-5-6-13-11(14(10)16)7-8-17-13/h1-4,7-8,10H,5-6H2. The Morgan fingerprint density at radius 3 is 2.88 bits per heavy atom. The fraction of sp³-hybridized carbons (Fsp3) is 0.214. The number of benzene rings is 1. The van der Waals surface area contributed by atoms with Crippen LogP contribution in [0.3, 0.4) is 0 Å². The molecule has 0 amide bonds. The monoisotopic (exact) mass is 246 g/mol. The van der Waals surface area contributed by atoms with Crippen LogP contribution in [-0.4, -0.2) is 5.78 Å². The van der Waals surface area contributed by atoms with Crippen molar-refractivity contribution in [3.8, 4) is 0 Å². The SMILES string of the molecule is O=C1c2ccsc2CCC1c1ccccc1F. The summed E-state index contributed by atoms with van der Waals surface area (Å²) in [5.74, 6) is -0.513. The van der Waals surface area contributed by atoms with E-state index in [0.29, 0.717) is 12.0 Å². The molecule has 0 N–H and O–H groups in total. The van der Waals surface area contributed by atoms with Gasteiger partial charge in [-0.25, -0.2) is 4.39 Å². The number of hydrogen-bond acceptors (Lipinski definition) is 2. The average molecular weight is 246 g/mol. The fourth-order valence-corrected chi connectivity index (χ4v) is 3.30. The summed E-state index contributed by atoms with van der Waals surface area (Å²) in [6, 6.07) is 8.44. The summed E-state index contributed by atoms with van der Waals surface area (Å²) in [6.07, 6.45) is 1.59. The first-order chi connectivity index (χ1) is 8.27. The maximum atomic E-state index is 13.7. The Kier molecular flexibility index (Phi) is 2.56. The third-order valence-corrected chi connectivity index (χ3v) is 4.25. The summed E-state index contributed by atoms with van der Waals surface area (Å²) >= 11 is 1.62. The number of carbonyl (C=O) groups is 1. The molecule has 0 fully saturated rings. The minimum Gasteiger partial charge on any atom is -0.293 e. The van der Waals surface area contributed by atoms with E-state index in [9.17, 15) is 9.18 Å². The molecule has 0 saturated carbocycles. The lowest BCUT2D eigenvalue weighted by molar-refractivity contribution is 0.0945. The van der Waals surface area contributed by atoms with Crippen molar-refractivity contribution < 1.29 is 9.18 Å². The molecule has 1 heterocycles. The van der Waals surface area contributed by atoms with Crippen LogP contribution in [-0.2, 0) is 6.42 Å². The Balaban J connectivity index is 2.03. The van der Waals surface area contributed by atoms with Crippen molar-refractivity contribution in [3.63, 3.8) is 0 Å². The van der Waals surface area contributed by atoms with Gasteiger partial charge < -0.3 is 0 Å². The van der Waals surface area contributed by atoms with Crippen LogP contribution in [0.2, 0.25) is 0 Å². The molecule has 1 atom stereocenters. The fourth-order valence-electron chi connectivity index (χ4n) is 2.40. The molecule has 0 bridgehead atoms. The van der Waals surface area contributed by atoms with Gasteiger partial charge in [-0.1, -0.05) is 18.2 Å². The van der Waals surface area contributed by atoms with Crippen molar-refractivity contribution in [2.75, 3.05) is 0 Å². The van der Waals surface area contributed by atoms with Crippen LogP contribution in [0.15, 0.2) is 35.7 Å². The second kappa shape index (κ2) is 4.08. The maximum Gasteiger partial charge on any atom is 0.171 e. The lowest BCUT2D eigenvalue weighted by Crippen LogP contribution is -2.20. The molecule has 2 aromatic rings. The van der Waals surface area contributed by atoms with Crippen LogP contribution in [0, 0.1) is 5.82 Å². The number of halogens is 1. The predicted octanol–water partition coefficient (Wildman–Crippen LogP) is 3.80. The number of Topliss-reactive ketones (excluding diaryl/α,β-unsaturated/α-hetero) is 1. The highest BCUT2D eigenvalue weighted by atomic mass is 32.1. The molecule has 3 rings (SSSR count). The van der Waals surface area contributed by atoms with Crippen LogP contribution >= 0.6 is 11.3 Å². The molecule has 1 nitrogen and oxygen atoms in total. The summed E-state index contributed by atoms with van der Waals surface area (Å²) < 4.78 is 13.7. The van der Waals surface area contributed by atoms with Crippen LogP contribution in [0.4, 0.5) is 4.39 Å². The van der Waals surface area contributed by atoms with E-state index in [1.165, 1.54) is 6.07 Å². The normalized spacial score (nSPS) is 19.1. The van der Waals surface area contributed by atoms with Crippen molar-refractivity contribution in [1.82, 2.24) is 0 Å². The first-order valence-corrected chi connectivity index (χ1v) is 6.50. The quantitative estimate of drug-likeness (QED) is 0.748. The van der Waals surface area contributed by atoms with Gasteiger partial charge in [0, 0.05) is 10.4 Å². The largest absolute Gasteiger partial charge is 0.293 e. The van der Waals surface area contributed by atoms with Gasteiger partial charge in [0.15, 0.2) is 5.78 Å². The van der Waals surface area contributed by atoms with Crippen LogP contribution in [0.5, 0.6) is 0 Å². The third-order valence-electron chi connectivity index (χ3n) is 3.27. The van der Waals surface area contributed by atoms with Gasteiger partial charge in [0.25, 0.3) is 0 Å². The van der Waals surface area contributed by atoms with E-state index in [-0.39, 0.29) is 17.5 Å². The molecule has 86 valence electrons. The Morgan fingerprint density at radius 2 is 2.06 bits per heavy atom. The topological polar surface area (TPSA) is 17.1 Å². The summed E-state index contributed by atoms with van der Waals surface area (Å²) in [5, 5.41) is 1.94. The maximum absolute atomic E-state index is 13.7. The van der Waals surface area contributed by atoms with Crippen molar-refractivity contribution in [3.05, 3.63) is 57.5 Å². The van der Waals surface area contributed by atoms with Gasteiger partial charge in [-0.05, 0) is 35.9 Å². The van der Waals surface area contributed by atoms with Gasteiger partial charge in [0.1, 0.15) is 5.82 Å². The molecule has 1 aliphatic carbocycles. The highest BCUT2D eigenvalue weighted by Crippen LogP contribution is 2.35. The molecule has 1 unspecified atom stereocenters. The van der Waals surface area contributed by atoms with Crippen LogP contribution in [0.1, 0.15) is 33.1 Å². The number of ketones is 1. The van der Waals surface area contributed by atoms with Crippen molar-refractivity contribution in [2.45, 2.75) is 18.8 Å². The Hall–Kier alpha value is -1.48. The molecule has 1 aromatic carbocycles. The van der Waals surface area contributed by atoms with Crippen molar-refractivity contribution in [1.29, 1.82) is 0 Å². The Labute approximate surface area is 103 Å². The van der Waals surface area contributed by atoms with Crippen LogP contribution < -0.4 is 0 Å². The Morgan fingerprint density at radius 1 is 1.24 bits per heavy atom. The average Bonchev–Trinajstić information content (AvgIpc) is 2.80. The van der Waals surface area contributed by atoms with Gasteiger partial charge in [-0.2, -0.15) is 0 Å². The minimum absolute atomic E-state index is 0.0672. The van der Waals surface area contributed by atoms with E-state index < -0.39 is 0 Å². The van der Waals surface area contributed by atoms with E-state index in [1.54, 1.807) is 29.5 Å². The summed E-state index contributed by atoms with van der Waals surface area (Å²) in [5.41, 5.74) is 1.32. The zero-order chi connectivity index (χ0) is 11.8. The van der Waals surface area contributed by atoms with Gasteiger partial charge in [-0.15, -0.1) is 11.3 Å². The van der Waals surface area contributed by atoms with Gasteiger partial charge in [0.2, 0.25) is 0 Å². The molecule has 0 spiro atoms. The van der Waals surface area contributed by atoms with E-state index in [2.05, 4.69) is 0 Å². The van der Waals surface area contributed by atoms with Gasteiger partial charge in [0.05, 0.1) is 5.92 Å². The van der Waals surface area contributed by atoms with E-state index >= 15 is 0 Å². The summed E-state index contributed by atoms with van der Waals surface area (Å²) in [4.78, 5) is 13.4. The predicted molar refractivity (Wildman–Crippen MR) is 66.1 cm³/mol. The number of aryl methyl sites for hydroxylation is 1. The first-order valence-electron chi connectivity index (χ1n) is 5.62. The highest BCUT2D eigenvalue weighted by molar-refractivity contribution is 7.10.